The van der Waals surface area contributed by atoms with Crippen LogP contribution in [0.15, 0.2) is 72.3 Å². The standard InChI is InChI=1S/C31H42O3S/c1-24(2)17-28(18-25(3)4)15-16-29-19-31(34-30(29)35,22-32-20-26-11-7-5-8-12-26)23-33-21-27-13-9-6-10-14-27/h5-14,16,24-25,28H,15,17-23H2,1-4H3/b29-16+. The summed E-state index contributed by atoms with van der Waals surface area (Å²) in [5, 5.41) is 0.601. The summed E-state index contributed by atoms with van der Waals surface area (Å²) in [4.78, 5) is 0. The van der Waals surface area contributed by atoms with Gasteiger partial charge in [-0.25, -0.2) is 0 Å². The molecule has 1 heterocycles. The predicted molar refractivity (Wildman–Crippen MR) is 148 cm³/mol. The van der Waals surface area contributed by atoms with Crippen LogP contribution >= 0.6 is 12.2 Å². The molecule has 0 amide bonds. The lowest BCUT2D eigenvalue weighted by Crippen LogP contribution is -2.39. The van der Waals surface area contributed by atoms with Crippen molar-refractivity contribution in [2.75, 3.05) is 13.2 Å². The number of thiocarbonyl (C=S) groups is 1. The zero-order valence-corrected chi connectivity index (χ0v) is 22.7. The van der Waals surface area contributed by atoms with Crippen molar-refractivity contribution < 1.29 is 14.2 Å². The van der Waals surface area contributed by atoms with Crippen LogP contribution in [0.4, 0.5) is 0 Å². The van der Waals surface area contributed by atoms with E-state index in [2.05, 4.69) is 58.0 Å². The second kappa shape index (κ2) is 13.9. The van der Waals surface area contributed by atoms with Crippen LogP contribution in [-0.4, -0.2) is 23.9 Å². The lowest BCUT2D eigenvalue weighted by atomic mass is 9.86. The van der Waals surface area contributed by atoms with Gasteiger partial charge in [-0.05, 0) is 60.4 Å². The smallest absolute Gasteiger partial charge is 0.187 e. The second-order valence-electron chi connectivity index (χ2n) is 10.8. The Hall–Kier alpha value is -2.01. The molecule has 3 nitrogen and oxygen atoms in total. The summed E-state index contributed by atoms with van der Waals surface area (Å²) < 4.78 is 18.6. The molecule has 0 aromatic heterocycles. The van der Waals surface area contributed by atoms with Crippen LogP contribution in [-0.2, 0) is 27.4 Å². The van der Waals surface area contributed by atoms with Crippen molar-refractivity contribution >= 4 is 17.3 Å². The summed E-state index contributed by atoms with van der Waals surface area (Å²) in [5.41, 5.74) is 2.84. The Kier molecular flexibility index (Phi) is 11.0. The van der Waals surface area contributed by atoms with Crippen molar-refractivity contribution in [2.45, 2.75) is 72.2 Å². The first-order valence-electron chi connectivity index (χ1n) is 13.0. The van der Waals surface area contributed by atoms with Gasteiger partial charge in [0.15, 0.2) is 10.7 Å². The molecule has 0 atom stereocenters. The number of rotatable bonds is 14. The number of hydrogen-bond donors (Lipinski definition) is 0. The second-order valence-corrected chi connectivity index (χ2v) is 11.2. The minimum Gasteiger partial charge on any atom is -0.471 e. The quantitative estimate of drug-likeness (QED) is 0.197. The van der Waals surface area contributed by atoms with Crippen molar-refractivity contribution in [1.82, 2.24) is 0 Å². The molecule has 1 aliphatic heterocycles. The maximum Gasteiger partial charge on any atom is 0.187 e. The van der Waals surface area contributed by atoms with Crippen molar-refractivity contribution in [3.8, 4) is 0 Å². The zero-order chi connectivity index (χ0) is 25.1. The van der Waals surface area contributed by atoms with Crippen molar-refractivity contribution in [2.24, 2.45) is 17.8 Å². The molecule has 4 heteroatoms. The number of ether oxygens (including phenoxy) is 3. The summed E-state index contributed by atoms with van der Waals surface area (Å²) in [5.74, 6) is 2.06. The van der Waals surface area contributed by atoms with E-state index in [1.165, 1.54) is 12.8 Å². The SMILES string of the molecule is CC(C)CC(C/C=C1\CC(COCc2ccccc2)(COCc2ccccc2)OC1=S)CC(C)C. The topological polar surface area (TPSA) is 27.7 Å². The van der Waals surface area contributed by atoms with Crippen LogP contribution in [0.25, 0.3) is 0 Å². The van der Waals surface area contributed by atoms with E-state index in [1.807, 2.05) is 36.4 Å². The maximum absolute atomic E-state index is 6.35. The van der Waals surface area contributed by atoms with Gasteiger partial charge in [0.05, 0.1) is 26.4 Å². The molecule has 3 rings (SSSR count). The molecule has 1 aliphatic rings. The van der Waals surface area contributed by atoms with Gasteiger partial charge < -0.3 is 14.2 Å². The third kappa shape index (κ3) is 9.51. The normalized spacial score (nSPS) is 16.5. The molecular formula is C31H42O3S. The molecule has 2 aromatic rings. The monoisotopic (exact) mass is 494 g/mol. The van der Waals surface area contributed by atoms with Crippen LogP contribution in [0.2, 0.25) is 0 Å². The number of benzene rings is 2. The fourth-order valence-corrected chi connectivity index (χ4v) is 5.20. The Bertz CT molecular complexity index is 865. The molecule has 2 aromatic carbocycles. The first kappa shape index (κ1) is 27.6. The zero-order valence-electron chi connectivity index (χ0n) is 21.9. The Morgan fingerprint density at radius 2 is 1.31 bits per heavy atom. The molecule has 0 radical (unpaired) electrons. The van der Waals surface area contributed by atoms with Crippen molar-refractivity contribution in [1.29, 1.82) is 0 Å². The van der Waals surface area contributed by atoms with Gasteiger partial charge in [-0.3, -0.25) is 0 Å². The fraction of sp³-hybridized carbons (Fsp3) is 0.516. The number of allylic oxidation sites excluding steroid dienone is 1. The van der Waals surface area contributed by atoms with Gasteiger partial charge in [0.25, 0.3) is 0 Å². The van der Waals surface area contributed by atoms with Gasteiger partial charge in [-0.1, -0.05) is 94.4 Å². The van der Waals surface area contributed by atoms with E-state index in [1.54, 1.807) is 0 Å². The summed E-state index contributed by atoms with van der Waals surface area (Å²) >= 11 is 5.70. The summed E-state index contributed by atoms with van der Waals surface area (Å²) in [6, 6.07) is 20.5. The highest BCUT2D eigenvalue weighted by Crippen LogP contribution is 2.35. The summed E-state index contributed by atoms with van der Waals surface area (Å²) in [6.07, 6.45) is 6.57. The average molecular weight is 495 g/mol. The molecular weight excluding hydrogens is 452 g/mol. The highest BCUT2D eigenvalue weighted by Gasteiger charge is 2.42. The highest BCUT2D eigenvalue weighted by molar-refractivity contribution is 7.80. The lowest BCUT2D eigenvalue weighted by Gasteiger charge is -2.27. The van der Waals surface area contributed by atoms with E-state index < -0.39 is 5.60 Å². The van der Waals surface area contributed by atoms with Gasteiger partial charge in [0.2, 0.25) is 0 Å². The molecule has 0 aliphatic carbocycles. The molecule has 35 heavy (non-hydrogen) atoms. The van der Waals surface area contributed by atoms with E-state index in [-0.39, 0.29) is 0 Å². The van der Waals surface area contributed by atoms with Gasteiger partial charge in [-0.15, -0.1) is 0 Å². The van der Waals surface area contributed by atoms with E-state index in [0.717, 1.165) is 29.5 Å². The Labute approximate surface area is 217 Å². The maximum atomic E-state index is 6.35. The van der Waals surface area contributed by atoms with Crippen LogP contribution in [0, 0.1) is 17.8 Å². The molecule has 0 spiro atoms. The van der Waals surface area contributed by atoms with Crippen molar-refractivity contribution in [3.63, 3.8) is 0 Å². The Morgan fingerprint density at radius 1 is 0.829 bits per heavy atom. The molecule has 1 fully saturated rings. The van der Waals surface area contributed by atoms with Gasteiger partial charge in [-0.2, -0.15) is 0 Å². The fourth-order valence-electron chi connectivity index (χ4n) is 4.86. The van der Waals surface area contributed by atoms with Crippen LogP contribution < -0.4 is 0 Å². The Balaban J connectivity index is 1.66. The molecule has 190 valence electrons. The molecule has 0 N–H and O–H groups in total. The largest absolute Gasteiger partial charge is 0.471 e. The summed E-state index contributed by atoms with van der Waals surface area (Å²) in [7, 11) is 0. The average Bonchev–Trinajstić information content (AvgIpc) is 3.13. The van der Waals surface area contributed by atoms with Crippen LogP contribution in [0.3, 0.4) is 0 Å². The number of hydrogen-bond acceptors (Lipinski definition) is 4. The third-order valence-electron chi connectivity index (χ3n) is 6.34. The Morgan fingerprint density at radius 3 is 1.77 bits per heavy atom. The van der Waals surface area contributed by atoms with Gasteiger partial charge in [0.1, 0.15) is 0 Å². The van der Waals surface area contributed by atoms with Gasteiger partial charge >= 0.3 is 0 Å². The minimum atomic E-state index is -0.585. The molecule has 0 unspecified atom stereocenters. The predicted octanol–water partition coefficient (Wildman–Crippen LogP) is 7.93. The van der Waals surface area contributed by atoms with Crippen LogP contribution in [0.5, 0.6) is 0 Å². The minimum absolute atomic E-state index is 0.440. The van der Waals surface area contributed by atoms with Crippen molar-refractivity contribution in [3.05, 3.63) is 83.4 Å². The van der Waals surface area contributed by atoms with E-state index >= 15 is 0 Å². The molecule has 0 saturated carbocycles. The lowest BCUT2D eigenvalue weighted by molar-refractivity contribution is -0.0801. The first-order chi connectivity index (χ1) is 16.8. The summed E-state index contributed by atoms with van der Waals surface area (Å²) in [6.45, 7) is 11.2. The van der Waals surface area contributed by atoms with Crippen LogP contribution in [0.1, 0.15) is 64.5 Å². The third-order valence-corrected chi connectivity index (χ3v) is 6.69. The van der Waals surface area contributed by atoms with E-state index in [9.17, 15) is 0 Å². The molecule has 1 saturated heterocycles. The first-order valence-corrected chi connectivity index (χ1v) is 13.4. The highest BCUT2D eigenvalue weighted by atomic mass is 32.1. The van der Waals surface area contributed by atoms with E-state index in [4.69, 9.17) is 26.4 Å². The van der Waals surface area contributed by atoms with Gasteiger partial charge in [0, 0.05) is 12.0 Å². The van der Waals surface area contributed by atoms with E-state index in [0.29, 0.717) is 49.2 Å². The molecule has 0 bridgehead atoms.